The summed E-state index contributed by atoms with van der Waals surface area (Å²) in [5.41, 5.74) is 4.15. The fraction of sp³-hybridized carbons (Fsp3) is 0.133. The van der Waals surface area contributed by atoms with Gasteiger partial charge in [-0.15, -0.1) is 11.3 Å². The molecule has 1 aromatic carbocycles. The maximum Gasteiger partial charge on any atom is 0.206 e. The van der Waals surface area contributed by atoms with E-state index in [0.29, 0.717) is 0 Å². The average Bonchev–Trinajstić information content (AvgIpc) is 2.37. The fourth-order valence-electron chi connectivity index (χ4n) is 2.02. The molecule has 2 aliphatic rings. The van der Waals surface area contributed by atoms with Crippen molar-refractivity contribution in [2.24, 2.45) is 0 Å². The van der Waals surface area contributed by atoms with Gasteiger partial charge in [-0.3, -0.25) is 5.41 Å². The minimum atomic E-state index is 0.815. The summed E-state index contributed by atoms with van der Waals surface area (Å²) >= 11 is 1.71. The Kier molecular flexibility index (Phi) is 2.68. The maximum atomic E-state index is 5.97. The van der Waals surface area contributed by atoms with E-state index < -0.39 is 0 Å². The molecule has 0 bridgehead atoms. The third-order valence-electron chi connectivity index (χ3n) is 3.19. The van der Waals surface area contributed by atoms with E-state index in [2.05, 4.69) is 12.8 Å². The van der Waals surface area contributed by atoms with Crippen molar-refractivity contribution in [1.82, 2.24) is 4.98 Å². The molecular weight excluding hydrogens is 254 g/mol. The van der Waals surface area contributed by atoms with Gasteiger partial charge in [0.05, 0.1) is 20.8 Å². The van der Waals surface area contributed by atoms with Crippen LogP contribution in [0.5, 0.6) is 0 Å². The van der Waals surface area contributed by atoms with Crippen molar-refractivity contribution >= 4 is 34.0 Å². The number of hydrogen-bond donors (Lipinski definition) is 1. The van der Waals surface area contributed by atoms with Crippen molar-refractivity contribution in [3.05, 3.63) is 41.3 Å². The van der Waals surface area contributed by atoms with Gasteiger partial charge in [-0.1, -0.05) is 0 Å². The van der Waals surface area contributed by atoms with Crippen LogP contribution in [0.15, 0.2) is 30.3 Å². The Labute approximate surface area is 115 Å². The van der Waals surface area contributed by atoms with Crippen molar-refractivity contribution in [3.63, 3.8) is 0 Å². The highest BCUT2D eigenvalue weighted by Crippen LogP contribution is 2.31. The number of nitrogens with zero attached hydrogens (tertiary/aromatic N) is 2. The lowest BCUT2D eigenvalue weighted by Gasteiger charge is -2.06. The van der Waals surface area contributed by atoms with Crippen LogP contribution in [0.2, 0.25) is 0 Å². The summed E-state index contributed by atoms with van der Waals surface area (Å²) < 4.78 is 2.99. The van der Waals surface area contributed by atoms with Crippen molar-refractivity contribution in [2.75, 3.05) is 7.05 Å². The van der Waals surface area contributed by atoms with E-state index in [0.717, 1.165) is 37.4 Å². The molecule has 0 spiro atoms. The Morgan fingerprint density at radius 1 is 1.26 bits per heavy atom. The number of aromatic nitrogens is 1. The zero-order valence-electron chi connectivity index (χ0n) is 11.0. The topological polar surface area (TPSA) is 41.5 Å². The van der Waals surface area contributed by atoms with Crippen LogP contribution in [0.1, 0.15) is 5.56 Å². The van der Waals surface area contributed by atoms with E-state index in [4.69, 9.17) is 10.4 Å². The van der Waals surface area contributed by atoms with Gasteiger partial charge in [-0.05, 0) is 19.1 Å². The first-order valence-electron chi connectivity index (χ1n) is 6.02. The molecule has 19 heavy (non-hydrogen) atoms. The highest BCUT2D eigenvalue weighted by Gasteiger charge is 2.11. The first-order valence-corrected chi connectivity index (χ1v) is 6.84. The molecule has 0 fully saturated rings. The van der Waals surface area contributed by atoms with E-state index in [9.17, 15) is 0 Å². The molecule has 0 aromatic heterocycles. The molecule has 1 aliphatic carbocycles. The Morgan fingerprint density at radius 3 is 2.79 bits per heavy atom. The van der Waals surface area contributed by atoms with Crippen LogP contribution in [0.25, 0.3) is 20.8 Å². The van der Waals surface area contributed by atoms with Crippen molar-refractivity contribution in [1.29, 1.82) is 0 Å². The van der Waals surface area contributed by atoms with Crippen LogP contribution in [0.4, 0.5) is 5.69 Å². The monoisotopic (exact) mass is 269 g/mol. The summed E-state index contributed by atoms with van der Waals surface area (Å²) in [4.78, 5) is 5.81. The van der Waals surface area contributed by atoms with Gasteiger partial charge in [0, 0.05) is 23.8 Å². The second-order valence-electron chi connectivity index (χ2n) is 4.74. The summed E-state index contributed by atoms with van der Waals surface area (Å²) in [7, 11) is 1.93. The highest BCUT2D eigenvalue weighted by atomic mass is 32.1. The van der Waals surface area contributed by atoms with Gasteiger partial charge in [0.25, 0.3) is 0 Å². The van der Waals surface area contributed by atoms with Crippen LogP contribution < -0.4 is 10.8 Å². The van der Waals surface area contributed by atoms with E-state index in [1.807, 2.05) is 42.8 Å². The van der Waals surface area contributed by atoms with Crippen LogP contribution in [0, 0.1) is 6.92 Å². The molecule has 1 aromatic rings. The van der Waals surface area contributed by atoms with Gasteiger partial charge in [0.15, 0.2) is 0 Å². The van der Waals surface area contributed by atoms with E-state index in [1.165, 1.54) is 0 Å². The van der Waals surface area contributed by atoms with E-state index in [-0.39, 0.29) is 0 Å². The molecule has 0 saturated heterocycles. The predicted molar refractivity (Wildman–Crippen MR) is 79.0 cm³/mol. The van der Waals surface area contributed by atoms with Gasteiger partial charge in [-0.25, -0.2) is 9.56 Å². The number of aryl methyl sites for hydroxylation is 1. The Morgan fingerprint density at radius 2 is 2.05 bits per heavy atom. The zero-order chi connectivity index (χ0) is 13.6. The molecule has 2 N–H and O–H groups in total. The normalized spacial score (nSPS) is 11.1. The molecule has 3 nitrogen and oxygen atoms in total. The van der Waals surface area contributed by atoms with E-state index in [1.54, 1.807) is 11.3 Å². The van der Waals surface area contributed by atoms with E-state index >= 15 is 0 Å². The van der Waals surface area contributed by atoms with Crippen LogP contribution in [0.3, 0.4) is 0 Å². The second kappa shape index (κ2) is 4.24. The van der Waals surface area contributed by atoms with Crippen LogP contribution in [-0.4, -0.2) is 23.3 Å². The van der Waals surface area contributed by atoms with Crippen LogP contribution in [-0.2, 0) is 0 Å². The lowest BCUT2D eigenvalue weighted by molar-refractivity contribution is -0.394. The van der Waals surface area contributed by atoms with Gasteiger partial charge in [0.1, 0.15) is 13.8 Å². The Balaban J connectivity index is 2.36. The quantitative estimate of drug-likeness (QED) is 0.404. The standard InChI is InChI=1S/C15H14N3S/c1-9-6-13-15(8-11(9)16)19-14-7-10(18(2)3)4-5-12(14)17-13/h4-8,16H,2H2,1,3H3/q+1/p+1. The average molecular weight is 269 g/mol. The fourth-order valence-corrected chi connectivity index (χ4v) is 3.05. The molecule has 0 radical (unpaired) electrons. The number of hydrogen-bond acceptors (Lipinski definition) is 2. The summed E-state index contributed by atoms with van der Waals surface area (Å²) in [6.45, 7) is 5.91. The second-order valence-corrected chi connectivity index (χ2v) is 5.82. The predicted octanol–water partition coefficient (Wildman–Crippen LogP) is 1.34. The van der Waals surface area contributed by atoms with Crippen molar-refractivity contribution in [2.45, 2.75) is 6.92 Å². The summed E-state index contributed by atoms with van der Waals surface area (Å²) in [6.07, 6.45) is 0. The SMILES string of the molecule is C=[N+](C)c1ccc2nc3cc(C)c(=[NH2+])cc-3sc2c1. The summed E-state index contributed by atoms with van der Waals surface area (Å²) in [5, 5.41) is 6.78. The molecule has 4 heteroatoms. The highest BCUT2D eigenvalue weighted by molar-refractivity contribution is 7.21. The Bertz CT molecular complexity index is 833. The molecule has 94 valence electrons. The van der Waals surface area contributed by atoms with Crippen molar-refractivity contribution < 1.29 is 9.98 Å². The van der Waals surface area contributed by atoms with Crippen molar-refractivity contribution in [3.8, 4) is 10.6 Å². The molecule has 0 unspecified atom stereocenters. The number of benzene rings is 2. The number of nitrogens with two attached hydrogens (primary N) is 1. The minimum Gasteiger partial charge on any atom is -0.254 e. The lowest BCUT2D eigenvalue weighted by atomic mass is 10.1. The third-order valence-corrected chi connectivity index (χ3v) is 4.29. The summed E-state index contributed by atoms with van der Waals surface area (Å²) in [5.74, 6) is 0. The molecule has 0 amide bonds. The third kappa shape index (κ3) is 2.04. The molecule has 0 atom stereocenters. The van der Waals surface area contributed by atoms with Gasteiger partial charge >= 0.3 is 0 Å². The lowest BCUT2D eigenvalue weighted by Crippen LogP contribution is -2.46. The van der Waals surface area contributed by atoms with Crippen LogP contribution >= 0.6 is 11.3 Å². The summed E-state index contributed by atoms with van der Waals surface area (Å²) in [6, 6.07) is 10.2. The van der Waals surface area contributed by atoms with Gasteiger partial charge < -0.3 is 0 Å². The molecular formula is C15H15N3S+2. The van der Waals surface area contributed by atoms with Gasteiger partial charge in [-0.2, -0.15) is 0 Å². The van der Waals surface area contributed by atoms with Gasteiger partial charge in [0.2, 0.25) is 11.0 Å². The smallest absolute Gasteiger partial charge is 0.206 e. The largest absolute Gasteiger partial charge is 0.254 e. The first kappa shape index (κ1) is 12.0. The number of fused-ring (bicyclic) bond motifs is 2. The molecule has 0 saturated carbocycles. The maximum absolute atomic E-state index is 5.97. The number of rotatable bonds is 1. The zero-order valence-corrected chi connectivity index (χ0v) is 11.8. The minimum absolute atomic E-state index is 0.815. The molecule has 3 rings (SSSR count). The molecule has 1 heterocycles. The first-order chi connectivity index (χ1) is 9.04. The Hall–Kier alpha value is -2.07. The molecule has 1 aliphatic heterocycles.